The first-order valence-electron chi connectivity index (χ1n) is 22.6. The Labute approximate surface area is 304 Å². The van der Waals surface area contributed by atoms with Crippen LogP contribution in [-0.2, 0) is 0 Å². The van der Waals surface area contributed by atoms with Crippen LogP contribution in [0.15, 0.2) is 24.3 Å². The van der Waals surface area contributed by atoms with Crippen molar-refractivity contribution < 1.29 is 0 Å². The highest BCUT2D eigenvalue weighted by Crippen LogP contribution is 2.32. The molecule has 1 aromatic carbocycles. The average Bonchev–Trinajstić information content (AvgIpc) is 3.10. The SMILES string of the molecule is CCCCCCCCCCCCCCCCCCCCCCCCCC(CCCCCCCCCCCCCCC)c1ccccc1N. The molecule has 1 heteroatoms. The number of hydrogen-bond donors (Lipinski definition) is 1. The summed E-state index contributed by atoms with van der Waals surface area (Å²) in [5.74, 6) is 0.661. The summed E-state index contributed by atoms with van der Waals surface area (Å²) >= 11 is 0. The Hall–Kier alpha value is -0.980. The molecule has 0 aliphatic rings. The molecule has 1 aromatic rings. The molecule has 0 amide bonds. The lowest BCUT2D eigenvalue weighted by atomic mass is 9.87. The Morgan fingerprint density at radius 2 is 0.562 bits per heavy atom. The van der Waals surface area contributed by atoms with Crippen LogP contribution in [0.25, 0.3) is 0 Å². The Bertz CT molecular complexity index is 740. The lowest BCUT2D eigenvalue weighted by molar-refractivity contribution is 0.480. The number of para-hydroxylation sites is 1. The van der Waals surface area contributed by atoms with Gasteiger partial charge in [-0.15, -0.1) is 0 Å². The Morgan fingerprint density at radius 1 is 0.333 bits per heavy atom. The molecular weight excluding hydrogens is 579 g/mol. The van der Waals surface area contributed by atoms with Gasteiger partial charge in [-0.05, 0) is 30.4 Å². The number of benzene rings is 1. The molecule has 0 radical (unpaired) electrons. The monoisotopic (exact) mass is 668 g/mol. The van der Waals surface area contributed by atoms with E-state index in [-0.39, 0.29) is 0 Å². The first-order chi connectivity index (χ1) is 23.8. The van der Waals surface area contributed by atoms with Gasteiger partial charge in [-0.3, -0.25) is 0 Å². The summed E-state index contributed by atoms with van der Waals surface area (Å²) in [7, 11) is 0. The molecule has 0 aromatic heterocycles. The van der Waals surface area contributed by atoms with E-state index in [1.54, 1.807) is 0 Å². The van der Waals surface area contributed by atoms with Gasteiger partial charge in [0.25, 0.3) is 0 Å². The summed E-state index contributed by atoms with van der Waals surface area (Å²) in [5, 5.41) is 0. The standard InChI is InChI=1S/C47H89N/c1-3-5-7-9-11-13-15-17-18-19-20-21-22-23-24-25-26-28-30-32-34-36-38-42-45(46-43-39-40-44-47(46)48)41-37-35-33-31-29-27-16-14-12-10-8-6-4-2/h39-40,43-45H,3-38,41-42,48H2,1-2H3. The summed E-state index contributed by atoms with van der Waals surface area (Å²) < 4.78 is 0. The summed E-state index contributed by atoms with van der Waals surface area (Å²) in [4.78, 5) is 0. The van der Waals surface area contributed by atoms with Gasteiger partial charge in [0.15, 0.2) is 0 Å². The zero-order valence-electron chi connectivity index (χ0n) is 33.3. The van der Waals surface area contributed by atoms with Crippen molar-refractivity contribution in [2.75, 3.05) is 5.73 Å². The first kappa shape index (κ1) is 45.0. The molecule has 1 nitrogen and oxygen atoms in total. The quantitative estimate of drug-likeness (QED) is 0.0549. The lowest BCUT2D eigenvalue weighted by Crippen LogP contribution is -2.03. The van der Waals surface area contributed by atoms with Crippen LogP contribution < -0.4 is 5.73 Å². The molecule has 0 spiro atoms. The van der Waals surface area contributed by atoms with Gasteiger partial charge >= 0.3 is 0 Å². The van der Waals surface area contributed by atoms with Crippen LogP contribution in [0.1, 0.15) is 269 Å². The molecule has 0 bridgehead atoms. The minimum Gasteiger partial charge on any atom is -0.398 e. The normalized spacial score (nSPS) is 12.2. The zero-order valence-corrected chi connectivity index (χ0v) is 33.3. The maximum Gasteiger partial charge on any atom is 0.0349 e. The number of unbranched alkanes of at least 4 members (excludes halogenated alkanes) is 34. The van der Waals surface area contributed by atoms with Crippen LogP contribution in [0.2, 0.25) is 0 Å². The van der Waals surface area contributed by atoms with Gasteiger partial charge in [0.2, 0.25) is 0 Å². The summed E-state index contributed by atoms with van der Waals surface area (Å²) in [5.41, 5.74) is 8.90. The molecule has 1 unspecified atom stereocenters. The molecular formula is C47H89N. The van der Waals surface area contributed by atoms with Crippen LogP contribution in [0.5, 0.6) is 0 Å². The van der Waals surface area contributed by atoms with Gasteiger partial charge in [-0.25, -0.2) is 0 Å². The molecule has 2 N–H and O–H groups in total. The molecule has 282 valence electrons. The zero-order chi connectivity index (χ0) is 34.4. The molecule has 0 saturated heterocycles. The van der Waals surface area contributed by atoms with Crippen molar-refractivity contribution in [1.29, 1.82) is 0 Å². The van der Waals surface area contributed by atoms with E-state index in [1.807, 2.05) is 0 Å². The second-order valence-electron chi connectivity index (χ2n) is 15.9. The molecule has 1 rings (SSSR count). The Balaban J connectivity index is 1.94. The van der Waals surface area contributed by atoms with Crippen molar-refractivity contribution >= 4 is 5.69 Å². The van der Waals surface area contributed by atoms with Crippen LogP contribution in [0, 0.1) is 0 Å². The topological polar surface area (TPSA) is 26.0 Å². The van der Waals surface area contributed by atoms with Crippen LogP contribution >= 0.6 is 0 Å². The van der Waals surface area contributed by atoms with Crippen molar-refractivity contribution in [2.24, 2.45) is 0 Å². The fourth-order valence-electron chi connectivity index (χ4n) is 7.92. The van der Waals surface area contributed by atoms with Gasteiger partial charge in [0, 0.05) is 5.69 Å². The fraction of sp³-hybridized carbons (Fsp3) is 0.872. The van der Waals surface area contributed by atoms with Gasteiger partial charge in [0.05, 0.1) is 0 Å². The number of nitrogens with two attached hydrogens (primary N) is 1. The van der Waals surface area contributed by atoms with Crippen molar-refractivity contribution in [3.63, 3.8) is 0 Å². The summed E-state index contributed by atoms with van der Waals surface area (Å²) in [6.07, 6.45) is 54.8. The third-order valence-corrected chi connectivity index (χ3v) is 11.2. The van der Waals surface area contributed by atoms with Crippen molar-refractivity contribution in [1.82, 2.24) is 0 Å². The number of hydrogen-bond acceptors (Lipinski definition) is 1. The molecule has 0 fully saturated rings. The van der Waals surface area contributed by atoms with E-state index in [0.29, 0.717) is 5.92 Å². The highest BCUT2D eigenvalue weighted by Gasteiger charge is 2.14. The molecule has 0 aliphatic carbocycles. The molecule has 0 aliphatic heterocycles. The third-order valence-electron chi connectivity index (χ3n) is 11.2. The molecule has 0 heterocycles. The van der Waals surface area contributed by atoms with E-state index < -0.39 is 0 Å². The Kier molecular flexibility index (Phi) is 35.0. The second-order valence-corrected chi connectivity index (χ2v) is 15.9. The van der Waals surface area contributed by atoms with E-state index in [2.05, 4.69) is 38.1 Å². The van der Waals surface area contributed by atoms with Crippen LogP contribution in [0.4, 0.5) is 5.69 Å². The van der Waals surface area contributed by atoms with E-state index in [0.717, 1.165) is 5.69 Å². The Morgan fingerprint density at radius 3 is 0.812 bits per heavy atom. The van der Waals surface area contributed by atoms with Crippen LogP contribution in [-0.4, -0.2) is 0 Å². The van der Waals surface area contributed by atoms with Gasteiger partial charge in [0.1, 0.15) is 0 Å². The molecule has 1 atom stereocenters. The van der Waals surface area contributed by atoms with Gasteiger partial charge in [-0.1, -0.05) is 263 Å². The molecule has 0 saturated carbocycles. The maximum absolute atomic E-state index is 6.45. The van der Waals surface area contributed by atoms with Crippen molar-refractivity contribution in [2.45, 2.75) is 264 Å². The smallest absolute Gasteiger partial charge is 0.0349 e. The lowest BCUT2D eigenvalue weighted by Gasteiger charge is -2.19. The average molecular weight is 668 g/mol. The number of rotatable bonds is 39. The first-order valence-corrected chi connectivity index (χ1v) is 22.6. The highest BCUT2D eigenvalue weighted by molar-refractivity contribution is 5.48. The maximum atomic E-state index is 6.45. The summed E-state index contributed by atoms with van der Waals surface area (Å²) in [6.45, 7) is 4.62. The van der Waals surface area contributed by atoms with E-state index in [4.69, 9.17) is 5.73 Å². The molecule has 48 heavy (non-hydrogen) atoms. The minimum absolute atomic E-state index is 0.661. The number of nitrogen functional groups attached to an aromatic ring is 1. The second kappa shape index (κ2) is 37.3. The van der Waals surface area contributed by atoms with Gasteiger partial charge < -0.3 is 5.73 Å². The summed E-state index contributed by atoms with van der Waals surface area (Å²) in [6, 6.07) is 8.72. The van der Waals surface area contributed by atoms with Gasteiger partial charge in [-0.2, -0.15) is 0 Å². The van der Waals surface area contributed by atoms with Crippen molar-refractivity contribution in [3.05, 3.63) is 29.8 Å². The minimum atomic E-state index is 0.661. The van der Waals surface area contributed by atoms with E-state index in [9.17, 15) is 0 Å². The fourth-order valence-corrected chi connectivity index (χ4v) is 7.92. The predicted molar refractivity (Wildman–Crippen MR) is 220 cm³/mol. The third kappa shape index (κ3) is 29.9. The van der Waals surface area contributed by atoms with E-state index >= 15 is 0 Å². The van der Waals surface area contributed by atoms with Crippen LogP contribution in [0.3, 0.4) is 0 Å². The van der Waals surface area contributed by atoms with Crippen molar-refractivity contribution in [3.8, 4) is 0 Å². The predicted octanol–water partition coefficient (Wildman–Crippen LogP) is 17.2. The van der Waals surface area contributed by atoms with E-state index in [1.165, 1.54) is 250 Å². The highest BCUT2D eigenvalue weighted by atomic mass is 14.6. The number of anilines is 1. The largest absolute Gasteiger partial charge is 0.398 e.